The zero-order chi connectivity index (χ0) is 17.8. The quantitative estimate of drug-likeness (QED) is 0.674. The molecule has 0 saturated carbocycles. The van der Waals surface area contributed by atoms with E-state index in [4.69, 9.17) is 16.6 Å². The summed E-state index contributed by atoms with van der Waals surface area (Å²) in [4.78, 5) is 16.9. The molecule has 0 bridgehead atoms. The molecule has 3 aromatic rings. The first-order valence-electron chi connectivity index (χ1n) is 8.17. The van der Waals surface area contributed by atoms with Gasteiger partial charge in [0.1, 0.15) is 5.82 Å². The van der Waals surface area contributed by atoms with Gasteiger partial charge in [-0.05, 0) is 43.3 Å². The Bertz CT molecular complexity index is 912. The van der Waals surface area contributed by atoms with Crippen molar-refractivity contribution < 1.29 is 4.79 Å². The highest BCUT2D eigenvalue weighted by atomic mass is 35.5. The average molecular weight is 354 g/mol. The van der Waals surface area contributed by atoms with Crippen molar-refractivity contribution in [2.75, 3.05) is 6.54 Å². The number of nitrogens with one attached hydrogen (secondary N) is 1. The fraction of sp³-hybridized carbons (Fsp3) is 0.200. The summed E-state index contributed by atoms with van der Waals surface area (Å²) in [7, 11) is 0. The Kier molecular flexibility index (Phi) is 5.19. The lowest BCUT2D eigenvalue weighted by atomic mass is 10.2. The molecule has 1 N–H and O–H groups in total. The van der Waals surface area contributed by atoms with Crippen molar-refractivity contribution in [2.45, 2.75) is 19.9 Å². The molecule has 1 amide bonds. The first kappa shape index (κ1) is 17.2. The van der Waals surface area contributed by atoms with E-state index in [0.29, 0.717) is 23.6 Å². The molecule has 4 nitrogen and oxygen atoms in total. The molecule has 0 aliphatic rings. The highest BCUT2D eigenvalue weighted by Crippen LogP contribution is 2.17. The van der Waals surface area contributed by atoms with Crippen LogP contribution in [-0.2, 0) is 13.0 Å². The minimum atomic E-state index is -0.112. The number of aromatic nitrogens is 2. The van der Waals surface area contributed by atoms with Gasteiger partial charge in [0.05, 0.1) is 11.0 Å². The molecule has 0 saturated heterocycles. The average Bonchev–Trinajstić information content (AvgIpc) is 2.93. The topological polar surface area (TPSA) is 46.9 Å². The minimum absolute atomic E-state index is 0.112. The van der Waals surface area contributed by atoms with Crippen molar-refractivity contribution in [3.8, 4) is 0 Å². The fourth-order valence-corrected chi connectivity index (χ4v) is 2.88. The molecule has 2 aromatic carbocycles. The number of fused-ring (bicyclic) bond motifs is 1. The van der Waals surface area contributed by atoms with Crippen LogP contribution in [0.25, 0.3) is 11.0 Å². The van der Waals surface area contributed by atoms with E-state index >= 15 is 0 Å². The van der Waals surface area contributed by atoms with Gasteiger partial charge in [0.25, 0.3) is 5.91 Å². The monoisotopic (exact) mass is 353 g/mol. The number of nitrogens with zero attached hydrogens (tertiary/aromatic N) is 2. The molecule has 0 spiro atoms. The smallest absolute Gasteiger partial charge is 0.251 e. The van der Waals surface area contributed by atoms with Crippen LogP contribution in [0.3, 0.4) is 0 Å². The van der Waals surface area contributed by atoms with Crippen LogP contribution in [0, 0.1) is 0 Å². The Balaban J connectivity index is 1.71. The third kappa shape index (κ3) is 4.09. The van der Waals surface area contributed by atoms with E-state index in [1.54, 1.807) is 24.3 Å². The molecule has 0 aliphatic heterocycles. The number of halogens is 1. The second kappa shape index (κ2) is 7.53. The first-order valence-corrected chi connectivity index (χ1v) is 8.54. The number of carbonyl (C=O) groups is 1. The summed E-state index contributed by atoms with van der Waals surface area (Å²) in [5.41, 5.74) is 3.71. The first-order chi connectivity index (χ1) is 12.0. The van der Waals surface area contributed by atoms with Crippen molar-refractivity contribution in [1.29, 1.82) is 0 Å². The third-order valence-corrected chi connectivity index (χ3v) is 4.15. The number of hydrogen-bond donors (Lipinski definition) is 1. The molecule has 5 heteroatoms. The maximum atomic E-state index is 12.2. The number of carbonyl (C=O) groups excluding carboxylic acids is 1. The molecular formula is C20H20ClN3O. The standard InChI is InChI=1S/C20H20ClN3O/c1-14(2)13-24-18-6-4-3-5-17(18)23-19(24)11-12-22-20(25)15-7-9-16(21)10-8-15/h3-10H,1,11-13H2,2H3,(H,22,25). The van der Waals surface area contributed by atoms with Crippen molar-refractivity contribution >= 4 is 28.5 Å². The van der Waals surface area contributed by atoms with Crippen LogP contribution in [0.1, 0.15) is 23.1 Å². The molecule has 128 valence electrons. The summed E-state index contributed by atoms with van der Waals surface area (Å²) in [5, 5.41) is 3.55. The van der Waals surface area contributed by atoms with E-state index in [9.17, 15) is 4.79 Å². The third-order valence-electron chi connectivity index (χ3n) is 3.90. The number of amides is 1. The van der Waals surface area contributed by atoms with Crippen molar-refractivity contribution in [3.05, 3.63) is 77.1 Å². The lowest BCUT2D eigenvalue weighted by molar-refractivity contribution is 0.0954. The van der Waals surface area contributed by atoms with Gasteiger partial charge in [-0.15, -0.1) is 0 Å². The van der Waals surface area contributed by atoms with Crippen LogP contribution in [0.5, 0.6) is 0 Å². The Hall–Kier alpha value is -2.59. The van der Waals surface area contributed by atoms with Gasteiger partial charge in [-0.2, -0.15) is 0 Å². The molecule has 0 fully saturated rings. The van der Waals surface area contributed by atoms with Gasteiger partial charge >= 0.3 is 0 Å². The van der Waals surface area contributed by atoms with E-state index in [1.807, 2.05) is 25.1 Å². The predicted octanol–water partition coefficient (Wildman–Crippen LogP) is 4.24. The van der Waals surface area contributed by atoms with Crippen molar-refractivity contribution in [3.63, 3.8) is 0 Å². The van der Waals surface area contributed by atoms with Crippen LogP contribution >= 0.6 is 11.6 Å². The number of allylic oxidation sites excluding steroid dienone is 1. The van der Waals surface area contributed by atoms with Crippen LogP contribution in [-0.4, -0.2) is 22.0 Å². The zero-order valence-corrected chi connectivity index (χ0v) is 14.9. The van der Waals surface area contributed by atoms with Gasteiger partial charge in [-0.3, -0.25) is 4.79 Å². The van der Waals surface area contributed by atoms with Gasteiger partial charge in [0.2, 0.25) is 0 Å². The molecule has 1 heterocycles. The lowest BCUT2D eigenvalue weighted by Crippen LogP contribution is -2.26. The molecular weight excluding hydrogens is 334 g/mol. The molecule has 1 aromatic heterocycles. The number of rotatable bonds is 6. The van der Waals surface area contributed by atoms with E-state index in [0.717, 1.165) is 29.0 Å². The van der Waals surface area contributed by atoms with E-state index < -0.39 is 0 Å². The van der Waals surface area contributed by atoms with E-state index in [-0.39, 0.29) is 5.91 Å². The number of benzene rings is 2. The molecule has 0 unspecified atom stereocenters. The van der Waals surface area contributed by atoms with Gasteiger partial charge in [0, 0.05) is 30.1 Å². The second-order valence-electron chi connectivity index (χ2n) is 6.07. The molecule has 25 heavy (non-hydrogen) atoms. The largest absolute Gasteiger partial charge is 0.352 e. The van der Waals surface area contributed by atoms with Gasteiger partial charge in [-0.1, -0.05) is 35.9 Å². The number of hydrogen-bond acceptors (Lipinski definition) is 2. The van der Waals surface area contributed by atoms with Crippen molar-refractivity contribution in [2.24, 2.45) is 0 Å². The van der Waals surface area contributed by atoms with Crippen LogP contribution < -0.4 is 5.32 Å². The maximum Gasteiger partial charge on any atom is 0.251 e. The molecule has 0 radical (unpaired) electrons. The fourth-order valence-electron chi connectivity index (χ4n) is 2.75. The Morgan fingerprint density at radius 2 is 1.92 bits per heavy atom. The summed E-state index contributed by atoms with van der Waals surface area (Å²) in [6.45, 7) is 7.24. The summed E-state index contributed by atoms with van der Waals surface area (Å²) in [5.74, 6) is 0.833. The summed E-state index contributed by atoms with van der Waals surface area (Å²) < 4.78 is 2.16. The SMILES string of the molecule is C=C(C)Cn1c(CCNC(=O)c2ccc(Cl)cc2)nc2ccccc21. The summed E-state index contributed by atoms with van der Waals surface area (Å²) in [6.07, 6.45) is 0.654. The molecule has 0 atom stereocenters. The molecule has 0 aliphatic carbocycles. The maximum absolute atomic E-state index is 12.2. The minimum Gasteiger partial charge on any atom is -0.352 e. The Morgan fingerprint density at radius 3 is 2.64 bits per heavy atom. The van der Waals surface area contributed by atoms with Crippen LogP contribution in [0.2, 0.25) is 5.02 Å². The highest BCUT2D eigenvalue weighted by molar-refractivity contribution is 6.30. The zero-order valence-electron chi connectivity index (χ0n) is 14.1. The summed E-state index contributed by atoms with van der Waals surface area (Å²) >= 11 is 5.85. The van der Waals surface area contributed by atoms with Crippen LogP contribution in [0.15, 0.2) is 60.7 Å². The van der Waals surface area contributed by atoms with Crippen molar-refractivity contribution in [1.82, 2.24) is 14.9 Å². The lowest BCUT2D eigenvalue weighted by Gasteiger charge is -2.10. The van der Waals surface area contributed by atoms with Gasteiger partial charge in [-0.25, -0.2) is 4.98 Å². The van der Waals surface area contributed by atoms with E-state index in [1.165, 1.54) is 0 Å². The normalized spacial score (nSPS) is 10.8. The molecule has 3 rings (SSSR count). The highest BCUT2D eigenvalue weighted by Gasteiger charge is 2.11. The van der Waals surface area contributed by atoms with Gasteiger partial charge in [0.15, 0.2) is 0 Å². The number of imidazole rings is 1. The van der Waals surface area contributed by atoms with Crippen LogP contribution in [0.4, 0.5) is 0 Å². The Morgan fingerprint density at radius 1 is 1.20 bits per heavy atom. The van der Waals surface area contributed by atoms with Gasteiger partial charge < -0.3 is 9.88 Å². The second-order valence-corrected chi connectivity index (χ2v) is 6.51. The predicted molar refractivity (Wildman–Crippen MR) is 102 cm³/mol. The Labute approximate surface area is 152 Å². The van der Waals surface area contributed by atoms with E-state index in [2.05, 4.69) is 22.5 Å². The number of para-hydroxylation sites is 2. The summed E-state index contributed by atoms with van der Waals surface area (Å²) in [6, 6.07) is 14.9.